The Bertz CT molecular complexity index is 874. The third kappa shape index (κ3) is 3.77. The molecule has 4 rings (SSSR count). The Morgan fingerprint density at radius 3 is 2.56 bits per heavy atom. The minimum Gasteiger partial charge on any atom is -0.391 e. The number of amides is 2. The molecule has 0 fully saturated rings. The summed E-state index contributed by atoms with van der Waals surface area (Å²) in [7, 11) is -1.75. The summed E-state index contributed by atoms with van der Waals surface area (Å²) in [5, 5.41) is 16.8. The number of carbonyl (C=O) groups is 1. The molecule has 0 spiro atoms. The van der Waals surface area contributed by atoms with Crippen LogP contribution in [0, 0.1) is 0 Å². The molecule has 1 aromatic heterocycles. The second kappa shape index (κ2) is 7.44. The fourth-order valence-corrected chi connectivity index (χ4v) is 4.74. The Kier molecular flexibility index (Phi) is 5.01. The second-order valence-corrected chi connectivity index (χ2v) is 8.44. The standard InChI is InChI=1S/C19H24N4O3S/c1-12(24)11-23-9-8-17(21-23)27(26)22-19(25)20-18-15-6-2-4-13(15)10-14-5-3-7-16(14)18/h8-10,12,24H,2-7,11H2,1H3,(H2,20,22,25). The van der Waals surface area contributed by atoms with E-state index in [1.165, 1.54) is 26.9 Å². The smallest absolute Gasteiger partial charge is 0.331 e. The van der Waals surface area contributed by atoms with Gasteiger partial charge in [-0.15, -0.1) is 0 Å². The van der Waals surface area contributed by atoms with Gasteiger partial charge >= 0.3 is 6.03 Å². The number of urea groups is 1. The number of aryl methyl sites for hydroxylation is 2. The number of hydrogen-bond donors (Lipinski definition) is 3. The Labute approximate surface area is 160 Å². The maximum absolute atomic E-state index is 12.5. The average molecular weight is 388 g/mol. The highest BCUT2D eigenvalue weighted by Crippen LogP contribution is 2.38. The zero-order chi connectivity index (χ0) is 19.0. The third-order valence-electron chi connectivity index (χ3n) is 5.15. The van der Waals surface area contributed by atoms with E-state index in [-0.39, 0.29) is 5.03 Å². The zero-order valence-electron chi connectivity index (χ0n) is 15.3. The average Bonchev–Trinajstić information content (AvgIpc) is 3.33. The van der Waals surface area contributed by atoms with Crippen molar-refractivity contribution in [2.75, 3.05) is 5.32 Å². The van der Waals surface area contributed by atoms with Crippen molar-refractivity contribution in [1.82, 2.24) is 14.5 Å². The first-order chi connectivity index (χ1) is 13.0. The molecule has 1 heterocycles. The van der Waals surface area contributed by atoms with Crippen LogP contribution in [0.1, 0.15) is 42.0 Å². The molecular formula is C19H24N4O3S. The summed E-state index contributed by atoms with van der Waals surface area (Å²) in [5.41, 5.74) is 6.06. The summed E-state index contributed by atoms with van der Waals surface area (Å²) in [5.74, 6) is 0. The van der Waals surface area contributed by atoms with Crippen molar-refractivity contribution in [3.05, 3.63) is 40.6 Å². The number of carbonyl (C=O) groups excluding carboxylic acids is 1. The van der Waals surface area contributed by atoms with E-state index in [4.69, 9.17) is 0 Å². The van der Waals surface area contributed by atoms with Gasteiger partial charge in [-0.2, -0.15) is 5.10 Å². The fraction of sp³-hybridized carbons (Fsp3) is 0.474. The van der Waals surface area contributed by atoms with Crippen LogP contribution < -0.4 is 10.0 Å². The summed E-state index contributed by atoms with van der Waals surface area (Å²) in [4.78, 5) is 12.5. The van der Waals surface area contributed by atoms with Crippen LogP contribution in [0.3, 0.4) is 0 Å². The molecule has 0 saturated heterocycles. The number of hydrogen-bond acceptors (Lipinski definition) is 4. The third-order valence-corrected chi connectivity index (χ3v) is 6.12. The quantitative estimate of drug-likeness (QED) is 0.731. The lowest BCUT2D eigenvalue weighted by Crippen LogP contribution is -2.31. The van der Waals surface area contributed by atoms with Crippen LogP contribution in [0.2, 0.25) is 0 Å². The number of nitrogens with one attached hydrogen (secondary N) is 2. The molecule has 3 N–H and O–H groups in total. The van der Waals surface area contributed by atoms with Gasteiger partial charge in [0.25, 0.3) is 0 Å². The summed E-state index contributed by atoms with van der Waals surface area (Å²) in [6.07, 6.45) is 7.39. The number of nitrogens with zero attached hydrogens (tertiary/aromatic N) is 2. The molecule has 2 aliphatic carbocycles. The highest BCUT2D eigenvalue weighted by atomic mass is 32.2. The van der Waals surface area contributed by atoms with Crippen LogP contribution in [0.25, 0.3) is 0 Å². The summed E-state index contributed by atoms with van der Waals surface area (Å²) in [6.45, 7) is 1.96. The number of benzene rings is 1. The normalized spacial score (nSPS) is 17.3. The molecule has 2 aliphatic rings. The van der Waals surface area contributed by atoms with E-state index in [1.54, 1.807) is 19.2 Å². The van der Waals surface area contributed by atoms with Gasteiger partial charge in [0, 0.05) is 11.9 Å². The van der Waals surface area contributed by atoms with Crippen LogP contribution in [-0.4, -0.2) is 31.2 Å². The molecule has 7 nitrogen and oxygen atoms in total. The molecule has 2 aromatic rings. The highest BCUT2D eigenvalue weighted by molar-refractivity contribution is 7.83. The van der Waals surface area contributed by atoms with Crippen LogP contribution in [-0.2, 0) is 43.2 Å². The molecule has 2 amide bonds. The Balaban J connectivity index is 1.47. The lowest BCUT2D eigenvalue weighted by molar-refractivity contribution is 0.168. The Morgan fingerprint density at radius 1 is 1.26 bits per heavy atom. The van der Waals surface area contributed by atoms with Gasteiger partial charge in [0.1, 0.15) is 0 Å². The van der Waals surface area contributed by atoms with Crippen molar-refractivity contribution in [2.24, 2.45) is 0 Å². The van der Waals surface area contributed by atoms with Crippen LogP contribution in [0.15, 0.2) is 23.4 Å². The van der Waals surface area contributed by atoms with Gasteiger partial charge in [-0.1, -0.05) is 6.07 Å². The topological polar surface area (TPSA) is 96.3 Å². The van der Waals surface area contributed by atoms with Gasteiger partial charge in [0.2, 0.25) is 0 Å². The zero-order valence-corrected chi connectivity index (χ0v) is 16.1. The van der Waals surface area contributed by atoms with Crippen LogP contribution in [0.5, 0.6) is 0 Å². The minimum absolute atomic E-state index is 0.259. The largest absolute Gasteiger partial charge is 0.391 e. The summed E-state index contributed by atoms with van der Waals surface area (Å²) in [6, 6.07) is 3.41. The SMILES string of the molecule is CC(O)Cn1ccc(S(=O)NC(=O)Nc2c3c(cc4c2CCC4)CCC3)n1. The van der Waals surface area contributed by atoms with Crippen molar-refractivity contribution in [1.29, 1.82) is 0 Å². The predicted molar refractivity (Wildman–Crippen MR) is 103 cm³/mol. The molecule has 2 atom stereocenters. The molecular weight excluding hydrogens is 364 g/mol. The molecule has 0 aliphatic heterocycles. The minimum atomic E-state index is -1.75. The molecule has 1 aromatic carbocycles. The number of aliphatic hydroxyl groups is 1. The molecule has 0 bridgehead atoms. The maximum atomic E-state index is 12.5. The molecule has 144 valence electrons. The lowest BCUT2D eigenvalue weighted by Gasteiger charge is -2.16. The van der Waals surface area contributed by atoms with Crippen molar-refractivity contribution in [2.45, 2.75) is 63.1 Å². The maximum Gasteiger partial charge on any atom is 0.331 e. The van der Waals surface area contributed by atoms with E-state index in [2.05, 4.69) is 21.2 Å². The van der Waals surface area contributed by atoms with E-state index >= 15 is 0 Å². The van der Waals surface area contributed by atoms with Gasteiger partial charge < -0.3 is 10.4 Å². The van der Waals surface area contributed by atoms with E-state index in [9.17, 15) is 14.1 Å². The molecule has 8 heteroatoms. The lowest BCUT2D eigenvalue weighted by atomic mass is 9.99. The highest BCUT2D eigenvalue weighted by Gasteiger charge is 2.25. The van der Waals surface area contributed by atoms with Crippen molar-refractivity contribution < 1.29 is 14.1 Å². The predicted octanol–water partition coefficient (Wildman–Crippen LogP) is 2.09. The van der Waals surface area contributed by atoms with E-state index in [1.807, 2.05) is 0 Å². The summed E-state index contributed by atoms with van der Waals surface area (Å²) >= 11 is 0. The first-order valence-corrected chi connectivity index (χ1v) is 10.5. The van der Waals surface area contributed by atoms with Gasteiger partial charge in [0.05, 0.1) is 12.6 Å². The van der Waals surface area contributed by atoms with Crippen LogP contribution in [0.4, 0.5) is 10.5 Å². The van der Waals surface area contributed by atoms with Crippen molar-refractivity contribution in [3.63, 3.8) is 0 Å². The van der Waals surface area contributed by atoms with E-state index in [0.717, 1.165) is 44.2 Å². The Morgan fingerprint density at radius 2 is 1.93 bits per heavy atom. The van der Waals surface area contributed by atoms with Crippen molar-refractivity contribution in [3.8, 4) is 0 Å². The number of aliphatic hydroxyl groups excluding tert-OH is 1. The number of aromatic nitrogens is 2. The summed E-state index contributed by atoms with van der Waals surface area (Å²) < 4.78 is 16.4. The molecule has 2 unspecified atom stereocenters. The van der Waals surface area contributed by atoms with Gasteiger partial charge in [0.15, 0.2) is 16.0 Å². The molecule has 0 radical (unpaired) electrons. The first kappa shape index (κ1) is 18.2. The van der Waals surface area contributed by atoms with E-state index < -0.39 is 23.1 Å². The van der Waals surface area contributed by atoms with Crippen molar-refractivity contribution >= 4 is 22.7 Å². The monoisotopic (exact) mass is 388 g/mol. The fourth-order valence-electron chi connectivity index (χ4n) is 4.06. The van der Waals surface area contributed by atoms with Gasteiger partial charge in [-0.3, -0.25) is 9.40 Å². The van der Waals surface area contributed by atoms with Gasteiger partial charge in [-0.05, 0) is 73.8 Å². The van der Waals surface area contributed by atoms with Crippen LogP contribution >= 0.6 is 0 Å². The Hall–Kier alpha value is -2.19. The molecule has 0 saturated carbocycles. The first-order valence-electron chi connectivity index (χ1n) is 9.38. The number of rotatable bonds is 5. The second-order valence-electron chi connectivity index (χ2n) is 7.28. The molecule has 27 heavy (non-hydrogen) atoms. The number of fused-ring (bicyclic) bond motifs is 2. The van der Waals surface area contributed by atoms with E-state index in [0.29, 0.717) is 6.54 Å². The van der Waals surface area contributed by atoms with Gasteiger partial charge in [-0.25, -0.2) is 9.00 Å². The number of anilines is 1.